The van der Waals surface area contributed by atoms with Crippen LogP contribution in [0.2, 0.25) is 0 Å². The van der Waals surface area contributed by atoms with Crippen LogP contribution >= 0.6 is 0 Å². The molecule has 0 radical (unpaired) electrons. The lowest BCUT2D eigenvalue weighted by molar-refractivity contribution is -0.143. The first-order valence-electron chi connectivity index (χ1n) is 8.02. The van der Waals surface area contributed by atoms with E-state index in [0.717, 1.165) is 12.2 Å². The van der Waals surface area contributed by atoms with Gasteiger partial charge in [0.1, 0.15) is 11.9 Å². The van der Waals surface area contributed by atoms with Gasteiger partial charge in [0.15, 0.2) is 0 Å². The Balaban J connectivity index is 1.83. The summed E-state index contributed by atoms with van der Waals surface area (Å²) < 4.78 is 10.8. The first kappa shape index (κ1) is 16.8. The molecule has 2 rings (SSSR count). The maximum Gasteiger partial charge on any atom is 0.251 e. The Hall–Kier alpha value is -1.55. The number of carbonyl (C=O) groups excluding carboxylic acids is 1. The van der Waals surface area contributed by atoms with Gasteiger partial charge in [0.05, 0.1) is 13.7 Å². The van der Waals surface area contributed by atoms with E-state index in [1.54, 1.807) is 12.0 Å². The second kappa shape index (κ2) is 7.63. The number of methoxy groups -OCH3 is 1. The van der Waals surface area contributed by atoms with E-state index in [1.807, 2.05) is 38.2 Å². The summed E-state index contributed by atoms with van der Waals surface area (Å²) in [6.07, 6.45) is 2.94. The SMILES string of the molecule is COc1ccc(CC(C)N(C)C(=O)C(C)OCC2CC2)cc1. The summed E-state index contributed by atoms with van der Waals surface area (Å²) in [5.41, 5.74) is 1.19. The number of likely N-dealkylation sites (N-methyl/N-ethyl adjacent to an activating group) is 1. The molecule has 4 heteroatoms. The van der Waals surface area contributed by atoms with Crippen molar-refractivity contribution in [1.29, 1.82) is 0 Å². The maximum atomic E-state index is 12.4. The highest BCUT2D eigenvalue weighted by atomic mass is 16.5. The van der Waals surface area contributed by atoms with Crippen LogP contribution in [0.5, 0.6) is 5.75 Å². The number of carbonyl (C=O) groups is 1. The van der Waals surface area contributed by atoms with Crippen molar-refractivity contribution in [2.75, 3.05) is 20.8 Å². The fraction of sp³-hybridized carbons (Fsp3) is 0.611. The third-order valence-corrected chi connectivity index (χ3v) is 4.33. The van der Waals surface area contributed by atoms with Crippen molar-refractivity contribution in [1.82, 2.24) is 4.90 Å². The van der Waals surface area contributed by atoms with E-state index in [1.165, 1.54) is 18.4 Å². The Kier molecular flexibility index (Phi) is 5.83. The molecular formula is C18H27NO3. The van der Waals surface area contributed by atoms with Gasteiger partial charge < -0.3 is 14.4 Å². The monoisotopic (exact) mass is 305 g/mol. The lowest BCUT2D eigenvalue weighted by Crippen LogP contribution is -2.42. The molecule has 1 fully saturated rings. The molecule has 0 aliphatic heterocycles. The molecule has 1 saturated carbocycles. The van der Waals surface area contributed by atoms with Gasteiger partial charge in [-0.2, -0.15) is 0 Å². The minimum Gasteiger partial charge on any atom is -0.497 e. The number of rotatable bonds is 8. The Labute approximate surface area is 133 Å². The summed E-state index contributed by atoms with van der Waals surface area (Å²) in [6.45, 7) is 4.63. The van der Waals surface area contributed by atoms with E-state index >= 15 is 0 Å². The van der Waals surface area contributed by atoms with Crippen LogP contribution in [0.15, 0.2) is 24.3 Å². The molecule has 0 heterocycles. The quantitative estimate of drug-likeness (QED) is 0.741. The maximum absolute atomic E-state index is 12.4. The molecule has 2 atom stereocenters. The molecule has 1 aliphatic carbocycles. The molecule has 0 N–H and O–H groups in total. The van der Waals surface area contributed by atoms with E-state index in [9.17, 15) is 4.79 Å². The molecule has 1 aromatic rings. The minimum atomic E-state index is -0.357. The molecular weight excluding hydrogens is 278 g/mol. The molecule has 0 bridgehead atoms. The minimum absolute atomic E-state index is 0.0571. The third kappa shape index (κ3) is 4.73. The number of hydrogen-bond acceptors (Lipinski definition) is 3. The van der Waals surface area contributed by atoms with Crippen LogP contribution < -0.4 is 4.74 Å². The summed E-state index contributed by atoms with van der Waals surface area (Å²) in [4.78, 5) is 14.2. The molecule has 1 amide bonds. The van der Waals surface area contributed by atoms with Crippen LogP contribution in [-0.2, 0) is 16.0 Å². The average molecular weight is 305 g/mol. The van der Waals surface area contributed by atoms with Gasteiger partial charge in [-0.05, 0) is 56.7 Å². The van der Waals surface area contributed by atoms with Crippen LogP contribution in [0.3, 0.4) is 0 Å². The van der Waals surface area contributed by atoms with E-state index in [-0.39, 0.29) is 18.1 Å². The van der Waals surface area contributed by atoms with Gasteiger partial charge in [0.25, 0.3) is 5.91 Å². The van der Waals surface area contributed by atoms with Crippen molar-refractivity contribution in [3.8, 4) is 5.75 Å². The summed E-state index contributed by atoms with van der Waals surface area (Å²) in [5, 5.41) is 0. The van der Waals surface area contributed by atoms with Crippen molar-refractivity contribution in [3.63, 3.8) is 0 Å². The first-order valence-corrected chi connectivity index (χ1v) is 8.02. The van der Waals surface area contributed by atoms with Crippen LogP contribution in [0, 0.1) is 5.92 Å². The van der Waals surface area contributed by atoms with Gasteiger partial charge in [-0.25, -0.2) is 0 Å². The first-order chi connectivity index (χ1) is 10.5. The van der Waals surface area contributed by atoms with E-state index in [2.05, 4.69) is 6.92 Å². The normalized spacial score (nSPS) is 16.9. The average Bonchev–Trinajstić information content (AvgIpc) is 3.36. The molecule has 4 nitrogen and oxygen atoms in total. The van der Waals surface area contributed by atoms with Gasteiger partial charge in [-0.3, -0.25) is 4.79 Å². The molecule has 1 aliphatic rings. The molecule has 2 unspecified atom stereocenters. The highest BCUT2D eigenvalue weighted by Crippen LogP contribution is 2.29. The van der Waals surface area contributed by atoms with E-state index < -0.39 is 0 Å². The van der Waals surface area contributed by atoms with Crippen LogP contribution in [0.1, 0.15) is 32.3 Å². The van der Waals surface area contributed by atoms with Crippen molar-refractivity contribution in [3.05, 3.63) is 29.8 Å². The van der Waals surface area contributed by atoms with E-state index in [0.29, 0.717) is 12.5 Å². The Morgan fingerprint density at radius 2 is 1.91 bits per heavy atom. The van der Waals surface area contributed by atoms with Crippen LogP contribution in [-0.4, -0.2) is 43.7 Å². The predicted octanol–water partition coefficient (Wildman–Crippen LogP) is 2.90. The molecule has 0 aromatic heterocycles. The topological polar surface area (TPSA) is 38.8 Å². The number of benzene rings is 1. The predicted molar refractivity (Wildman–Crippen MR) is 87.1 cm³/mol. The molecule has 1 aromatic carbocycles. The van der Waals surface area contributed by atoms with Crippen LogP contribution in [0.25, 0.3) is 0 Å². The summed E-state index contributed by atoms with van der Waals surface area (Å²) >= 11 is 0. The highest BCUT2D eigenvalue weighted by Gasteiger charge is 2.26. The summed E-state index contributed by atoms with van der Waals surface area (Å²) in [6, 6.07) is 8.12. The molecule has 122 valence electrons. The fourth-order valence-electron chi connectivity index (χ4n) is 2.38. The standard InChI is InChI=1S/C18H27NO3/c1-13(11-15-7-9-17(21-4)10-8-15)19(3)18(20)14(2)22-12-16-5-6-16/h7-10,13-14,16H,5-6,11-12H2,1-4H3. The smallest absolute Gasteiger partial charge is 0.251 e. The van der Waals surface area contributed by atoms with E-state index in [4.69, 9.17) is 9.47 Å². The fourth-order valence-corrected chi connectivity index (χ4v) is 2.38. The molecule has 0 spiro atoms. The van der Waals surface area contributed by atoms with Crippen molar-refractivity contribution in [2.45, 2.75) is 45.3 Å². The zero-order valence-corrected chi connectivity index (χ0v) is 14.0. The third-order valence-electron chi connectivity index (χ3n) is 4.33. The lowest BCUT2D eigenvalue weighted by atomic mass is 10.1. The largest absolute Gasteiger partial charge is 0.497 e. The van der Waals surface area contributed by atoms with Crippen molar-refractivity contribution >= 4 is 5.91 Å². The van der Waals surface area contributed by atoms with Gasteiger partial charge in [-0.15, -0.1) is 0 Å². The summed E-state index contributed by atoms with van der Waals surface area (Å²) in [7, 11) is 3.51. The highest BCUT2D eigenvalue weighted by molar-refractivity contribution is 5.80. The summed E-state index contributed by atoms with van der Waals surface area (Å²) in [5.74, 6) is 1.59. The van der Waals surface area contributed by atoms with Crippen LogP contribution in [0.4, 0.5) is 0 Å². The Morgan fingerprint density at radius 1 is 1.27 bits per heavy atom. The molecule has 22 heavy (non-hydrogen) atoms. The Bertz CT molecular complexity index is 482. The number of ether oxygens (including phenoxy) is 2. The van der Waals surface area contributed by atoms with Crippen molar-refractivity contribution in [2.24, 2.45) is 5.92 Å². The Morgan fingerprint density at radius 3 is 2.45 bits per heavy atom. The number of amides is 1. The number of nitrogens with zero attached hydrogens (tertiary/aromatic N) is 1. The second-order valence-corrected chi connectivity index (χ2v) is 6.27. The second-order valence-electron chi connectivity index (χ2n) is 6.27. The molecule has 0 saturated heterocycles. The zero-order valence-electron chi connectivity index (χ0n) is 14.0. The van der Waals surface area contributed by atoms with Gasteiger partial charge in [0.2, 0.25) is 0 Å². The van der Waals surface area contributed by atoms with Crippen molar-refractivity contribution < 1.29 is 14.3 Å². The van der Waals surface area contributed by atoms with Gasteiger partial charge >= 0.3 is 0 Å². The van der Waals surface area contributed by atoms with Gasteiger partial charge in [-0.1, -0.05) is 12.1 Å². The number of hydrogen-bond donors (Lipinski definition) is 0. The van der Waals surface area contributed by atoms with Gasteiger partial charge in [0, 0.05) is 13.1 Å². The zero-order chi connectivity index (χ0) is 16.1. The lowest BCUT2D eigenvalue weighted by Gasteiger charge is -2.28.